The summed E-state index contributed by atoms with van der Waals surface area (Å²) < 4.78 is 21.9. The fraction of sp³-hybridized carbons (Fsp3) is 0.423. The van der Waals surface area contributed by atoms with Gasteiger partial charge in [0.1, 0.15) is 17.7 Å². The Bertz CT molecular complexity index is 1240. The third-order valence-corrected chi connectivity index (χ3v) is 7.72. The number of nitrogens with zero attached hydrogens (tertiary/aromatic N) is 4. The quantitative estimate of drug-likeness (QED) is 0.436. The second-order valence-corrected chi connectivity index (χ2v) is 10.2. The number of nitrogens with one attached hydrogen (secondary N) is 1. The fourth-order valence-corrected chi connectivity index (χ4v) is 5.66. The van der Waals surface area contributed by atoms with Crippen molar-refractivity contribution in [2.75, 3.05) is 26.2 Å². The van der Waals surface area contributed by atoms with Gasteiger partial charge in [-0.25, -0.2) is 4.39 Å². The first-order valence-corrected chi connectivity index (χ1v) is 13.0. The highest BCUT2D eigenvalue weighted by Gasteiger charge is 2.30. The molecule has 2 fully saturated rings. The second-order valence-electron chi connectivity index (χ2n) is 9.38. The number of halogens is 3. The summed E-state index contributed by atoms with van der Waals surface area (Å²) in [5.74, 6) is 0.363. The Balaban J connectivity index is 1.24. The number of ether oxygens (including phenoxy) is 1. The van der Waals surface area contributed by atoms with Crippen molar-refractivity contribution < 1.29 is 13.9 Å². The van der Waals surface area contributed by atoms with Crippen LogP contribution in [0.3, 0.4) is 0 Å². The first-order valence-electron chi connectivity index (χ1n) is 12.2. The van der Waals surface area contributed by atoms with Crippen molar-refractivity contribution in [3.8, 4) is 16.9 Å². The maximum absolute atomic E-state index is 13.9. The minimum atomic E-state index is -0.576. The molecule has 0 saturated carbocycles. The lowest BCUT2D eigenvalue weighted by molar-refractivity contribution is -0.136. The first kappa shape index (κ1) is 25.0. The molecule has 4 heterocycles. The number of piperidine rings is 1. The number of amides is 1. The van der Waals surface area contributed by atoms with E-state index in [1.807, 2.05) is 28.0 Å². The number of rotatable bonds is 6. The number of hydrogen-bond donors (Lipinski definition) is 1. The number of carbonyl (C=O) groups excluding carboxylic acids is 1. The molecule has 2 aliphatic rings. The summed E-state index contributed by atoms with van der Waals surface area (Å²) in [5.41, 5.74) is 2.16. The number of pyridine rings is 1. The van der Waals surface area contributed by atoms with Gasteiger partial charge >= 0.3 is 0 Å². The van der Waals surface area contributed by atoms with Gasteiger partial charge < -0.3 is 15.0 Å². The summed E-state index contributed by atoms with van der Waals surface area (Å²) in [6.07, 6.45) is 9.27. The number of carbonyl (C=O) groups is 1. The van der Waals surface area contributed by atoms with E-state index in [1.54, 1.807) is 19.3 Å². The maximum atomic E-state index is 13.9. The Labute approximate surface area is 219 Å². The molecule has 5 rings (SSSR count). The van der Waals surface area contributed by atoms with Crippen molar-refractivity contribution in [3.63, 3.8) is 0 Å². The van der Waals surface area contributed by atoms with Gasteiger partial charge in [0.05, 0.1) is 29.4 Å². The van der Waals surface area contributed by atoms with Crippen molar-refractivity contribution in [3.05, 3.63) is 64.4 Å². The molecule has 3 aromatic rings. The van der Waals surface area contributed by atoms with Gasteiger partial charge in [-0.15, -0.1) is 0 Å². The van der Waals surface area contributed by atoms with Gasteiger partial charge in [0.2, 0.25) is 5.91 Å². The third-order valence-electron chi connectivity index (χ3n) is 7.01. The van der Waals surface area contributed by atoms with E-state index < -0.39 is 11.9 Å². The molecular formula is C26H28Cl2FN5O2. The number of benzene rings is 1. The van der Waals surface area contributed by atoms with Crippen LogP contribution in [0.1, 0.15) is 43.9 Å². The van der Waals surface area contributed by atoms with Gasteiger partial charge in [-0.3, -0.25) is 14.5 Å². The zero-order chi connectivity index (χ0) is 25.2. The van der Waals surface area contributed by atoms with Crippen molar-refractivity contribution in [1.29, 1.82) is 0 Å². The van der Waals surface area contributed by atoms with Crippen LogP contribution >= 0.6 is 23.2 Å². The summed E-state index contributed by atoms with van der Waals surface area (Å²) in [6, 6.07) is 4.81. The highest BCUT2D eigenvalue weighted by molar-refractivity contribution is 6.36. The van der Waals surface area contributed by atoms with Crippen LogP contribution in [0.15, 0.2) is 43.0 Å². The van der Waals surface area contributed by atoms with Gasteiger partial charge in [0.15, 0.2) is 0 Å². The predicted molar refractivity (Wildman–Crippen MR) is 137 cm³/mol. The Kier molecular flexibility index (Phi) is 7.46. The second kappa shape index (κ2) is 10.7. The standard InChI is InChI=1S/C26H28Cl2FN5O2/c1-16(24-22(27)2-3-23(29)25(24)28)36-21-10-18(12-31-14-21)19-13-32-34(15-19)20-5-8-33(9-6-20)26(35)17-4-7-30-11-17/h2-3,10,12-17,20,30H,4-9,11H2,1H3. The Morgan fingerprint density at radius 3 is 2.72 bits per heavy atom. The number of likely N-dealkylation sites (tertiary alicyclic amines) is 1. The van der Waals surface area contributed by atoms with Crippen LogP contribution in [-0.2, 0) is 4.79 Å². The Hall–Kier alpha value is -2.68. The summed E-state index contributed by atoms with van der Waals surface area (Å²) in [7, 11) is 0. The highest BCUT2D eigenvalue weighted by Crippen LogP contribution is 2.35. The molecule has 2 aliphatic heterocycles. The SMILES string of the molecule is CC(Oc1cncc(-c2cnn(C3CCN(C(=O)C4CCNC4)CC3)c2)c1)c1c(Cl)ccc(F)c1Cl. The molecule has 1 aromatic carbocycles. The Morgan fingerprint density at radius 1 is 1.17 bits per heavy atom. The van der Waals surface area contributed by atoms with Crippen LogP contribution in [0.25, 0.3) is 11.1 Å². The lowest BCUT2D eigenvalue weighted by Gasteiger charge is -2.33. The average Bonchev–Trinajstić information content (AvgIpc) is 3.59. The van der Waals surface area contributed by atoms with Crippen LogP contribution in [0.2, 0.25) is 10.0 Å². The minimum absolute atomic E-state index is 0.0481. The molecule has 2 aromatic heterocycles. The molecule has 2 saturated heterocycles. The van der Waals surface area contributed by atoms with Crippen molar-refractivity contribution in [2.24, 2.45) is 5.92 Å². The summed E-state index contributed by atoms with van der Waals surface area (Å²) >= 11 is 12.4. The molecule has 0 aliphatic carbocycles. The van der Waals surface area contributed by atoms with Crippen LogP contribution in [0.5, 0.6) is 5.75 Å². The molecule has 7 nitrogen and oxygen atoms in total. The zero-order valence-corrected chi connectivity index (χ0v) is 21.5. The molecule has 0 bridgehead atoms. The highest BCUT2D eigenvalue weighted by atomic mass is 35.5. The maximum Gasteiger partial charge on any atom is 0.227 e. The van der Waals surface area contributed by atoms with Gasteiger partial charge in [-0.2, -0.15) is 5.10 Å². The van der Waals surface area contributed by atoms with Gasteiger partial charge in [0.25, 0.3) is 0 Å². The summed E-state index contributed by atoms with van der Waals surface area (Å²) in [6.45, 7) is 4.98. The largest absolute Gasteiger partial charge is 0.484 e. The van der Waals surface area contributed by atoms with Crippen LogP contribution < -0.4 is 10.1 Å². The van der Waals surface area contributed by atoms with E-state index in [9.17, 15) is 9.18 Å². The average molecular weight is 532 g/mol. The summed E-state index contributed by atoms with van der Waals surface area (Å²) in [5, 5.41) is 8.16. The molecular weight excluding hydrogens is 504 g/mol. The first-order chi connectivity index (χ1) is 17.4. The number of hydrogen-bond acceptors (Lipinski definition) is 5. The molecule has 1 N–H and O–H groups in total. The smallest absolute Gasteiger partial charge is 0.227 e. The minimum Gasteiger partial charge on any atom is -0.484 e. The van der Waals surface area contributed by atoms with Crippen LogP contribution in [0, 0.1) is 11.7 Å². The van der Waals surface area contributed by atoms with Crippen molar-refractivity contribution in [2.45, 2.75) is 38.3 Å². The lowest BCUT2D eigenvalue weighted by Crippen LogP contribution is -2.42. The van der Waals surface area contributed by atoms with E-state index in [-0.39, 0.29) is 22.9 Å². The molecule has 2 unspecified atom stereocenters. The molecule has 36 heavy (non-hydrogen) atoms. The number of aromatic nitrogens is 3. The molecule has 10 heteroatoms. The van der Waals surface area contributed by atoms with Crippen molar-refractivity contribution in [1.82, 2.24) is 25.0 Å². The van der Waals surface area contributed by atoms with E-state index in [1.165, 1.54) is 12.1 Å². The van der Waals surface area contributed by atoms with Crippen LogP contribution in [-0.4, -0.2) is 51.8 Å². The fourth-order valence-electron chi connectivity index (χ4n) is 4.98. The Morgan fingerprint density at radius 2 is 1.97 bits per heavy atom. The topological polar surface area (TPSA) is 72.3 Å². The summed E-state index contributed by atoms with van der Waals surface area (Å²) in [4.78, 5) is 19.0. The molecule has 190 valence electrons. The van der Waals surface area contributed by atoms with E-state index in [2.05, 4.69) is 15.4 Å². The van der Waals surface area contributed by atoms with Gasteiger partial charge in [0, 0.05) is 53.7 Å². The molecule has 0 radical (unpaired) electrons. The molecule has 0 spiro atoms. The molecule has 1 amide bonds. The lowest BCUT2D eigenvalue weighted by atomic mass is 10.0. The predicted octanol–water partition coefficient (Wildman–Crippen LogP) is 5.30. The normalized spacial score (nSPS) is 19.4. The third kappa shape index (κ3) is 5.21. The van der Waals surface area contributed by atoms with Gasteiger partial charge in [-0.05, 0) is 50.9 Å². The molecule has 2 atom stereocenters. The van der Waals surface area contributed by atoms with Crippen LogP contribution in [0.4, 0.5) is 4.39 Å². The van der Waals surface area contributed by atoms with E-state index in [4.69, 9.17) is 27.9 Å². The van der Waals surface area contributed by atoms with Crippen molar-refractivity contribution >= 4 is 29.1 Å². The van der Waals surface area contributed by atoms with Gasteiger partial charge in [-0.1, -0.05) is 23.2 Å². The zero-order valence-electron chi connectivity index (χ0n) is 20.0. The van der Waals surface area contributed by atoms with E-state index in [0.717, 1.165) is 56.6 Å². The van der Waals surface area contributed by atoms with E-state index in [0.29, 0.717) is 16.3 Å². The monoisotopic (exact) mass is 531 g/mol. The van der Waals surface area contributed by atoms with E-state index >= 15 is 0 Å².